The second kappa shape index (κ2) is 6.05. The minimum absolute atomic E-state index is 0.0336. The Morgan fingerprint density at radius 1 is 1.53 bits per heavy atom. The summed E-state index contributed by atoms with van der Waals surface area (Å²) in [6.07, 6.45) is 3.48. The predicted octanol–water partition coefficient (Wildman–Crippen LogP) is 1.94. The van der Waals surface area contributed by atoms with Crippen LogP contribution in [0.3, 0.4) is 0 Å². The number of hydrogen-bond donors (Lipinski definition) is 2. The van der Waals surface area contributed by atoms with Crippen molar-refractivity contribution in [3.63, 3.8) is 0 Å². The standard InChI is InChI=1S/C11H14BrClN2O3S/c12-8-4-10(11(13)14-6-8)19(17,18)15-5-7-2-1-3-9(7)16/h4,6-7,9,15-16H,1-3,5H2. The SMILES string of the molecule is O=S(=O)(NCC1CCCC1O)c1cc(Br)cnc1Cl. The van der Waals surface area contributed by atoms with Crippen molar-refractivity contribution >= 4 is 37.6 Å². The van der Waals surface area contributed by atoms with Crippen molar-refractivity contribution in [3.05, 3.63) is 21.9 Å². The average Bonchev–Trinajstić information content (AvgIpc) is 2.75. The molecule has 0 aromatic carbocycles. The molecule has 2 atom stereocenters. The maximum absolute atomic E-state index is 12.1. The highest BCUT2D eigenvalue weighted by molar-refractivity contribution is 9.10. The molecule has 19 heavy (non-hydrogen) atoms. The van der Waals surface area contributed by atoms with E-state index >= 15 is 0 Å². The van der Waals surface area contributed by atoms with Gasteiger partial charge in [-0.3, -0.25) is 0 Å². The average molecular weight is 370 g/mol. The van der Waals surface area contributed by atoms with Crippen molar-refractivity contribution in [2.75, 3.05) is 6.54 Å². The normalized spacial score (nSPS) is 23.7. The van der Waals surface area contributed by atoms with Crippen molar-refractivity contribution in [1.82, 2.24) is 9.71 Å². The van der Waals surface area contributed by atoms with Crippen molar-refractivity contribution < 1.29 is 13.5 Å². The number of aliphatic hydroxyl groups is 1. The summed E-state index contributed by atoms with van der Waals surface area (Å²) in [6.45, 7) is 0.215. The fraction of sp³-hybridized carbons (Fsp3) is 0.545. The zero-order chi connectivity index (χ0) is 14.0. The summed E-state index contributed by atoms with van der Waals surface area (Å²) in [6, 6.07) is 1.41. The van der Waals surface area contributed by atoms with Gasteiger partial charge in [-0.15, -0.1) is 0 Å². The van der Waals surface area contributed by atoms with Crippen molar-refractivity contribution in [3.8, 4) is 0 Å². The lowest BCUT2D eigenvalue weighted by Crippen LogP contribution is -2.32. The minimum Gasteiger partial charge on any atom is -0.393 e. The van der Waals surface area contributed by atoms with Gasteiger partial charge in [0, 0.05) is 17.2 Å². The van der Waals surface area contributed by atoms with E-state index < -0.39 is 16.1 Å². The third kappa shape index (κ3) is 3.66. The van der Waals surface area contributed by atoms with Crippen molar-refractivity contribution in [2.45, 2.75) is 30.3 Å². The predicted molar refractivity (Wildman–Crippen MR) is 75.5 cm³/mol. The Morgan fingerprint density at radius 3 is 2.89 bits per heavy atom. The van der Waals surface area contributed by atoms with Gasteiger partial charge in [0.25, 0.3) is 0 Å². The lowest BCUT2D eigenvalue weighted by atomic mass is 10.1. The van der Waals surface area contributed by atoms with Crippen LogP contribution in [0.15, 0.2) is 21.6 Å². The third-order valence-electron chi connectivity index (χ3n) is 3.22. The molecule has 0 saturated heterocycles. The number of rotatable bonds is 4. The van der Waals surface area contributed by atoms with Gasteiger partial charge in [0.05, 0.1) is 6.10 Å². The van der Waals surface area contributed by atoms with Crippen LogP contribution in [-0.2, 0) is 10.0 Å². The fourth-order valence-corrected chi connectivity index (χ4v) is 4.18. The number of nitrogens with one attached hydrogen (secondary N) is 1. The Bertz CT molecular complexity index is 567. The number of hydrogen-bond acceptors (Lipinski definition) is 4. The summed E-state index contributed by atoms with van der Waals surface area (Å²) >= 11 is 8.97. The van der Waals surface area contributed by atoms with Gasteiger partial charge in [0.1, 0.15) is 10.0 Å². The van der Waals surface area contributed by atoms with Crippen LogP contribution in [0, 0.1) is 5.92 Å². The first-order valence-corrected chi connectivity index (χ1v) is 8.54. The Kier molecular flexibility index (Phi) is 4.84. The second-order valence-corrected chi connectivity index (χ2v) is 7.56. The van der Waals surface area contributed by atoms with E-state index in [4.69, 9.17) is 11.6 Å². The molecule has 1 aromatic rings. The highest BCUT2D eigenvalue weighted by Crippen LogP contribution is 2.26. The molecule has 1 fully saturated rings. The molecule has 1 saturated carbocycles. The van der Waals surface area contributed by atoms with Crippen LogP contribution in [0.5, 0.6) is 0 Å². The number of halogens is 2. The first-order valence-electron chi connectivity index (χ1n) is 5.89. The van der Waals surface area contributed by atoms with Gasteiger partial charge in [-0.25, -0.2) is 18.1 Å². The van der Waals surface area contributed by atoms with Gasteiger partial charge in [-0.05, 0) is 40.8 Å². The maximum Gasteiger partial charge on any atom is 0.243 e. The Morgan fingerprint density at radius 2 is 2.26 bits per heavy atom. The zero-order valence-electron chi connectivity index (χ0n) is 10.0. The van der Waals surface area contributed by atoms with Crippen LogP contribution < -0.4 is 4.72 Å². The summed E-state index contributed by atoms with van der Waals surface area (Å²) in [5.41, 5.74) is 0. The van der Waals surface area contributed by atoms with Crippen LogP contribution in [0.25, 0.3) is 0 Å². The van der Waals surface area contributed by atoms with E-state index in [1.165, 1.54) is 12.3 Å². The van der Waals surface area contributed by atoms with E-state index in [1.54, 1.807) is 0 Å². The fourth-order valence-electron chi connectivity index (χ4n) is 2.14. The molecule has 0 aliphatic heterocycles. The number of aromatic nitrogens is 1. The maximum atomic E-state index is 12.1. The zero-order valence-corrected chi connectivity index (χ0v) is 13.2. The van der Waals surface area contributed by atoms with Crippen LogP contribution in [0.4, 0.5) is 0 Å². The second-order valence-electron chi connectivity index (χ2n) is 4.55. The molecule has 0 spiro atoms. The Hall–Kier alpha value is -0.210. The van der Waals surface area contributed by atoms with E-state index in [-0.39, 0.29) is 22.5 Å². The molecule has 0 amide bonds. The Balaban J connectivity index is 2.12. The molecular weight excluding hydrogens is 356 g/mol. The summed E-state index contributed by atoms with van der Waals surface area (Å²) in [7, 11) is -3.71. The monoisotopic (exact) mass is 368 g/mol. The summed E-state index contributed by atoms with van der Waals surface area (Å²) in [5.74, 6) is -0.0336. The lowest BCUT2D eigenvalue weighted by Gasteiger charge is -2.15. The van der Waals surface area contributed by atoms with Crippen LogP contribution >= 0.6 is 27.5 Å². The molecule has 5 nitrogen and oxygen atoms in total. The highest BCUT2D eigenvalue weighted by Gasteiger charge is 2.27. The molecule has 106 valence electrons. The number of sulfonamides is 1. The number of pyridine rings is 1. The third-order valence-corrected chi connectivity index (χ3v) is 5.50. The van der Waals surface area contributed by atoms with Crippen LogP contribution in [0.1, 0.15) is 19.3 Å². The van der Waals surface area contributed by atoms with Crippen molar-refractivity contribution in [1.29, 1.82) is 0 Å². The topological polar surface area (TPSA) is 79.3 Å². The van der Waals surface area contributed by atoms with E-state index in [9.17, 15) is 13.5 Å². The first kappa shape index (κ1) is 15.2. The molecule has 1 heterocycles. The van der Waals surface area contributed by atoms with E-state index in [0.717, 1.165) is 19.3 Å². The molecule has 1 aliphatic rings. The molecule has 1 aromatic heterocycles. The molecule has 2 N–H and O–H groups in total. The van der Waals surface area contributed by atoms with Gasteiger partial charge in [0.2, 0.25) is 10.0 Å². The Labute approximate surface area is 125 Å². The van der Waals surface area contributed by atoms with E-state index in [0.29, 0.717) is 4.47 Å². The lowest BCUT2D eigenvalue weighted by molar-refractivity contribution is 0.134. The van der Waals surface area contributed by atoms with Gasteiger partial charge < -0.3 is 5.11 Å². The van der Waals surface area contributed by atoms with Gasteiger partial charge in [0.15, 0.2) is 0 Å². The molecule has 0 bridgehead atoms. The van der Waals surface area contributed by atoms with Crippen molar-refractivity contribution in [2.24, 2.45) is 5.92 Å². The molecule has 0 radical (unpaired) electrons. The molecule has 8 heteroatoms. The summed E-state index contributed by atoms with van der Waals surface area (Å²) in [5, 5.41) is 9.61. The molecule has 2 unspecified atom stereocenters. The molecule has 1 aliphatic carbocycles. The number of nitrogens with zero attached hydrogens (tertiary/aromatic N) is 1. The minimum atomic E-state index is -3.71. The molecule has 2 rings (SSSR count). The van der Waals surface area contributed by atoms with Crippen LogP contribution in [-0.4, -0.2) is 31.2 Å². The van der Waals surface area contributed by atoms with E-state index in [1.807, 2.05) is 0 Å². The quantitative estimate of drug-likeness (QED) is 0.795. The highest BCUT2D eigenvalue weighted by atomic mass is 79.9. The van der Waals surface area contributed by atoms with Gasteiger partial charge in [-0.1, -0.05) is 18.0 Å². The number of aliphatic hydroxyl groups excluding tert-OH is 1. The van der Waals surface area contributed by atoms with Crippen LogP contribution in [0.2, 0.25) is 5.15 Å². The largest absolute Gasteiger partial charge is 0.393 e. The summed E-state index contributed by atoms with van der Waals surface area (Å²) in [4.78, 5) is 3.73. The first-order chi connectivity index (χ1) is 8.90. The van der Waals surface area contributed by atoms with Gasteiger partial charge in [-0.2, -0.15) is 0 Å². The van der Waals surface area contributed by atoms with Gasteiger partial charge >= 0.3 is 0 Å². The van der Waals surface area contributed by atoms with E-state index in [2.05, 4.69) is 25.6 Å². The smallest absolute Gasteiger partial charge is 0.243 e. The molecular formula is C11H14BrClN2O3S. The summed E-state index contributed by atoms with van der Waals surface area (Å²) < 4.78 is 27.3.